The van der Waals surface area contributed by atoms with E-state index in [1.165, 1.54) is 0 Å². The van der Waals surface area contributed by atoms with Gasteiger partial charge in [0.05, 0.1) is 18.5 Å². The number of rotatable bonds is 4. The lowest BCUT2D eigenvalue weighted by Gasteiger charge is -2.29. The monoisotopic (exact) mass is 444 g/mol. The molecule has 1 fully saturated rings. The van der Waals surface area contributed by atoms with Crippen LogP contribution >= 0.6 is 0 Å². The molecule has 3 aromatic rings. The molecule has 1 aromatic heterocycles. The Hall–Kier alpha value is -3.94. The van der Waals surface area contributed by atoms with E-state index in [0.29, 0.717) is 18.5 Å². The maximum atomic E-state index is 13.0. The summed E-state index contributed by atoms with van der Waals surface area (Å²) in [6.07, 6.45) is 0.582. The van der Waals surface area contributed by atoms with Crippen molar-refractivity contribution >= 4 is 17.7 Å². The van der Waals surface area contributed by atoms with Gasteiger partial charge in [0.25, 0.3) is 5.91 Å². The Balaban J connectivity index is 1.50. The van der Waals surface area contributed by atoms with Gasteiger partial charge < -0.3 is 14.2 Å². The Labute approximate surface area is 191 Å². The van der Waals surface area contributed by atoms with E-state index in [9.17, 15) is 14.4 Å². The van der Waals surface area contributed by atoms with Gasteiger partial charge in [0.2, 0.25) is 11.8 Å². The summed E-state index contributed by atoms with van der Waals surface area (Å²) in [5, 5.41) is 2.34. The van der Waals surface area contributed by atoms with Crippen LogP contribution < -0.4 is 10.1 Å². The number of ether oxygens (including phenoxy) is 1. The second-order valence-corrected chi connectivity index (χ2v) is 8.42. The van der Waals surface area contributed by atoms with Gasteiger partial charge in [-0.05, 0) is 55.3 Å². The van der Waals surface area contributed by atoms with Crippen molar-refractivity contribution < 1.29 is 19.1 Å². The number of carbonyl (C=O) groups is 3. The Kier molecular flexibility index (Phi) is 5.00. The number of amides is 3. The van der Waals surface area contributed by atoms with Crippen LogP contribution in [-0.2, 0) is 23.2 Å². The molecule has 168 valence electrons. The topological polar surface area (TPSA) is 93.5 Å². The van der Waals surface area contributed by atoms with Gasteiger partial charge >= 0.3 is 0 Å². The van der Waals surface area contributed by atoms with Gasteiger partial charge in [-0.15, -0.1) is 0 Å². The number of hydrogen-bond donors (Lipinski definition) is 1. The summed E-state index contributed by atoms with van der Waals surface area (Å²) in [6, 6.07) is 12.9. The Morgan fingerprint density at radius 3 is 2.48 bits per heavy atom. The number of imidazole rings is 1. The highest BCUT2D eigenvalue weighted by molar-refractivity contribution is 6.05. The molecule has 0 saturated carbocycles. The standard InChI is InChI=1S/C25H24N4O4/c1-14-26-22(23(28(14)2)15-4-7-18(33-3)8-5-15)16-6-9-19-17(12-16)13-29(25(19)32)20-10-11-21(30)27-24(20)31/h4-9,12,20H,10-11,13H2,1-3H3,(H,27,30,31). The molecule has 8 heteroatoms. The molecule has 1 N–H and O–H groups in total. The van der Waals surface area contributed by atoms with Crippen molar-refractivity contribution in [1.82, 2.24) is 19.8 Å². The van der Waals surface area contributed by atoms with Crippen molar-refractivity contribution in [3.05, 3.63) is 59.4 Å². The number of nitrogens with zero attached hydrogens (tertiary/aromatic N) is 3. The van der Waals surface area contributed by atoms with E-state index < -0.39 is 11.9 Å². The lowest BCUT2D eigenvalue weighted by molar-refractivity contribution is -0.136. The van der Waals surface area contributed by atoms with Gasteiger partial charge in [-0.25, -0.2) is 4.98 Å². The van der Waals surface area contributed by atoms with Crippen LogP contribution in [0.15, 0.2) is 42.5 Å². The molecule has 2 aliphatic rings. The number of carbonyl (C=O) groups excluding carboxylic acids is 3. The molecule has 2 aromatic carbocycles. The van der Waals surface area contributed by atoms with Crippen LogP contribution in [0.25, 0.3) is 22.5 Å². The quantitative estimate of drug-likeness (QED) is 0.625. The second kappa shape index (κ2) is 7.88. The summed E-state index contributed by atoms with van der Waals surface area (Å²) >= 11 is 0. The van der Waals surface area contributed by atoms with Gasteiger partial charge in [0.15, 0.2) is 0 Å². The van der Waals surface area contributed by atoms with E-state index in [1.807, 2.05) is 54.9 Å². The molecular weight excluding hydrogens is 420 g/mol. The molecule has 1 unspecified atom stereocenters. The second-order valence-electron chi connectivity index (χ2n) is 8.42. The first-order valence-electron chi connectivity index (χ1n) is 10.8. The summed E-state index contributed by atoms with van der Waals surface area (Å²) < 4.78 is 7.33. The minimum atomic E-state index is -0.627. The lowest BCUT2D eigenvalue weighted by Crippen LogP contribution is -2.52. The number of imide groups is 1. The molecule has 0 aliphatic carbocycles. The van der Waals surface area contributed by atoms with E-state index in [4.69, 9.17) is 9.72 Å². The fraction of sp³-hybridized carbons (Fsp3) is 0.280. The van der Waals surface area contributed by atoms with Crippen LogP contribution in [0.1, 0.15) is 34.6 Å². The molecule has 0 spiro atoms. The molecule has 3 amide bonds. The average molecular weight is 444 g/mol. The van der Waals surface area contributed by atoms with Gasteiger partial charge in [0.1, 0.15) is 17.6 Å². The van der Waals surface area contributed by atoms with Gasteiger partial charge in [-0.2, -0.15) is 0 Å². The maximum absolute atomic E-state index is 13.0. The third kappa shape index (κ3) is 3.47. The number of fused-ring (bicyclic) bond motifs is 1. The Morgan fingerprint density at radius 1 is 1.06 bits per heavy atom. The first-order valence-corrected chi connectivity index (χ1v) is 10.8. The zero-order valence-electron chi connectivity index (χ0n) is 18.7. The predicted octanol–water partition coefficient (Wildman–Crippen LogP) is 2.83. The van der Waals surface area contributed by atoms with Crippen LogP contribution in [0.5, 0.6) is 5.75 Å². The highest BCUT2D eigenvalue weighted by Gasteiger charge is 2.39. The van der Waals surface area contributed by atoms with Crippen molar-refractivity contribution in [2.24, 2.45) is 7.05 Å². The van der Waals surface area contributed by atoms with Crippen LogP contribution in [0, 0.1) is 6.92 Å². The molecule has 1 saturated heterocycles. The molecule has 0 radical (unpaired) electrons. The third-order valence-electron chi connectivity index (χ3n) is 6.48. The fourth-order valence-electron chi connectivity index (χ4n) is 4.61. The number of aromatic nitrogens is 2. The van der Waals surface area contributed by atoms with E-state index in [-0.39, 0.29) is 18.2 Å². The number of methoxy groups -OCH3 is 1. The minimum Gasteiger partial charge on any atom is -0.497 e. The molecule has 0 bridgehead atoms. The summed E-state index contributed by atoms with van der Waals surface area (Å²) in [5.41, 5.74) is 5.15. The third-order valence-corrected chi connectivity index (χ3v) is 6.48. The van der Waals surface area contributed by atoms with Crippen molar-refractivity contribution in [2.75, 3.05) is 7.11 Å². The van der Waals surface area contributed by atoms with Crippen molar-refractivity contribution in [2.45, 2.75) is 32.4 Å². The van der Waals surface area contributed by atoms with E-state index in [2.05, 4.69) is 5.32 Å². The first-order chi connectivity index (χ1) is 15.9. The summed E-state index contributed by atoms with van der Waals surface area (Å²) in [4.78, 5) is 43.2. The number of nitrogens with one attached hydrogen (secondary N) is 1. The number of hydrogen-bond acceptors (Lipinski definition) is 5. The number of piperidine rings is 1. The van der Waals surface area contributed by atoms with Crippen molar-refractivity contribution in [3.63, 3.8) is 0 Å². The predicted molar refractivity (Wildman–Crippen MR) is 121 cm³/mol. The highest BCUT2D eigenvalue weighted by atomic mass is 16.5. The van der Waals surface area contributed by atoms with Crippen LogP contribution in [0.4, 0.5) is 0 Å². The van der Waals surface area contributed by atoms with Gasteiger partial charge in [-0.3, -0.25) is 19.7 Å². The van der Waals surface area contributed by atoms with Crippen LogP contribution in [-0.4, -0.2) is 45.3 Å². The molecule has 2 aliphatic heterocycles. The van der Waals surface area contributed by atoms with Crippen molar-refractivity contribution in [3.8, 4) is 28.3 Å². The normalized spacial score (nSPS) is 17.8. The summed E-state index contributed by atoms with van der Waals surface area (Å²) in [6.45, 7) is 2.29. The average Bonchev–Trinajstić information content (AvgIpc) is 3.29. The first kappa shape index (κ1) is 20.9. The summed E-state index contributed by atoms with van der Waals surface area (Å²) in [5.74, 6) is 0.772. The van der Waals surface area contributed by atoms with E-state index >= 15 is 0 Å². The highest BCUT2D eigenvalue weighted by Crippen LogP contribution is 2.36. The molecule has 8 nitrogen and oxygen atoms in total. The van der Waals surface area contributed by atoms with Gasteiger partial charge in [-0.1, -0.05) is 6.07 Å². The van der Waals surface area contributed by atoms with Crippen LogP contribution in [0.2, 0.25) is 0 Å². The molecule has 5 rings (SSSR count). The molecule has 1 atom stereocenters. The largest absolute Gasteiger partial charge is 0.497 e. The number of benzene rings is 2. The van der Waals surface area contributed by atoms with Crippen molar-refractivity contribution in [1.29, 1.82) is 0 Å². The smallest absolute Gasteiger partial charge is 0.255 e. The minimum absolute atomic E-state index is 0.182. The van der Waals surface area contributed by atoms with E-state index in [1.54, 1.807) is 18.1 Å². The Morgan fingerprint density at radius 2 is 1.79 bits per heavy atom. The fourth-order valence-corrected chi connectivity index (χ4v) is 4.61. The molecule has 33 heavy (non-hydrogen) atoms. The lowest BCUT2D eigenvalue weighted by atomic mass is 10.0. The van der Waals surface area contributed by atoms with E-state index in [0.717, 1.165) is 39.7 Å². The maximum Gasteiger partial charge on any atom is 0.255 e. The molecule has 3 heterocycles. The van der Waals surface area contributed by atoms with Gasteiger partial charge in [0, 0.05) is 36.7 Å². The Bertz CT molecular complexity index is 1290. The SMILES string of the molecule is COc1ccc(-c2c(-c3ccc4c(c3)CN(C3CCC(=O)NC3=O)C4=O)nc(C)n2C)cc1. The zero-order chi connectivity index (χ0) is 23.3. The zero-order valence-corrected chi connectivity index (χ0v) is 18.7. The van der Waals surface area contributed by atoms with Crippen LogP contribution in [0.3, 0.4) is 0 Å². The molecular formula is C25H24N4O4. The number of aryl methyl sites for hydroxylation is 1. The summed E-state index contributed by atoms with van der Waals surface area (Å²) in [7, 11) is 3.62.